The van der Waals surface area contributed by atoms with Crippen molar-refractivity contribution in [2.24, 2.45) is 5.73 Å². The number of nitrogens with two attached hydrogens (primary N) is 1. The van der Waals surface area contributed by atoms with Gasteiger partial charge in [0.25, 0.3) is 5.91 Å². The third kappa shape index (κ3) is 2.54. The predicted octanol–water partition coefficient (Wildman–Crippen LogP) is 1.49. The van der Waals surface area contributed by atoms with E-state index in [9.17, 15) is 14.3 Å². The van der Waals surface area contributed by atoms with E-state index in [1.807, 2.05) is 0 Å². The number of carbonyl (C=O) groups is 1. The number of ether oxygens (including phenoxy) is 2. The summed E-state index contributed by atoms with van der Waals surface area (Å²) in [4.78, 5) is 14.4. The SMILES string of the molecule is COc1ccc2c(c1F)[C@@](OC)(c1ccc(F)cc1)C(=O)N2CC(N)O. The van der Waals surface area contributed by atoms with Gasteiger partial charge in [0, 0.05) is 7.11 Å². The number of hydrogen-bond acceptors (Lipinski definition) is 5. The molecule has 1 aliphatic heterocycles. The summed E-state index contributed by atoms with van der Waals surface area (Å²) >= 11 is 0. The van der Waals surface area contributed by atoms with Crippen LogP contribution in [0, 0.1) is 11.6 Å². The maximum absolute atomic E-state index is 15.2. The highest BCUT2D eigenvalue weighted by atomic mass is 19.1. The highest BCUT2D eigenvalue weighted by molar-refractivity contribution is 6.09. The first-order valence-electron chi connectivity index (χ1n) is 7.80. The molecule has 0 radical (unpaired) electrons. The van der Waals surface area contributed by atoms with Gasteiger partial charge in [0.15, 0.2) is 11.6 Å². The molecule has 0 fully saturated rings. The van der Waals surface area contributed by atoms with Crippen LogP contribution in [-0.2, 0) is 15.1 Å². The van der Waals surface area contributed by atoms with E-state index in [0.717, 1.165) is 17.0 Å². The Kier molecular flexibility index (Phi) is 4.66. The molecule has 3 N–H and O–H groups in total. The second-order valence-corrected chi connectivity index (χ2v) is 5.85. The molecule has 138 valence electrons. The first-order valence-corrected chi connectivity index (χ1v) is 7.80. The fourth-order valence-electron chi connectivity index (χ4n) is 3.30. The van der Waals surface area contributed by atoms with Crippen molar-refractivity contribution in [1.82, 2.24) is 0 Å². The number of nitrogens with zero attached hydrogens (tertiary/aromatic N) is 1. The van der Waals surface area contributed by atoms with Gasteiger partial charge in [0.2, 0.25) is 5.60 Å². The van der Waals surface area contributed by atoms with Crippen LogP contribution in [-0.4, -0.2) is 38.0 Å². The van der Waals surface area contributed by atoms with E-state index in [1.54, 1.807) is 0 Å². The molecule has 2 aromatic rings. The largest absolute Gasteiger partial charge is 0.494 e. The maximum Gasteiger partial charge on any atom is 0.268 e. The fraction of sp³-hybridized carbons (Fsp3) is 0.278. The molecular weight excluding hydrogens is 346 g/mol. The van der Waals surface area contributed by atoms with Crippen LogP contribution in [0.25, 0.3) is 0 Å². The van der Waals surface area contributed by atoms with Crippen LogP contribution in [0.2, 0.25) is 0 Å². The van der Waals surface area contributed by atoms with Crippen molar-refractivity contribution in [3.63, 3.8) is 0 Å². The smallest absolute Gasteiger partial charge is 0.268 e. The second-order valence-electron chi connectivity index (χ2n) is 5.85. The van der Waals surface area contributed by atoms with Crippen molar-refractivity contribution in [2.45, 2.75) is 11.8 Å². The Labute approximate surface area is 148 Å². The monoisotopic (exact) mass is 364 g/mol. The lowest BCUT2D eigenvalue weighted by Crippen LogP contribution is -2.46. The van der Waals surface area contributed by atoms with E-state index in [2.05, 4.69) is 0 Å². The average molecular weight is 364 g/mol. The van der Waals surface area contributed by atoms with Gasteiger partial charge in [0.1, 0.15) is 12.0 Å². The van der Waals surface area contributed by atoms with Gasteiger partial charge >= 0.3 is 0 Å². The lowest BCUT2D eigenvalue weighted by molar-refractivity contribution is -0.135. The summed E-state index contributed by atoms with van der Waals surface area (Å²) in [5.74, 6) is -2.00. The Hall–Kier alpha value is -2.55. The zero-order chi connectivity index (χ0) is 19.1. The number of aliphatic hydroxyl groups is 1. The number of methoxy groups -OCH3 is 2. The molecule has 0 aromatic heterocycles. The third-order valence-electron chi connectivity index (χ3n) is 4.42. The topological polar surface area (TPSA) is 85.0 Å². The van der Waals surface area contributed by atoms with Crippen LogP contribution in [0.15, 0.2) is 36.4 Å². The minimum atomic E-state index is -1.85. The van der Waals surface area contributed by atoms with Gasteiger partial charge in [0.05, 0.1) is 24.9 Å². The molecule has 1 aliphatic rings. The minimum absolute atomic E-state index is 0.0726. The lowest BCUT2D eigenvalue weighted by atomic mass is 9.86. The van der Waals surface area contributed by atoms with Crippen molar-refractivity contribution in [3.8, 4) is 5.75 Å². The van der Waals surface area contributed by atoms with Crippen molar-refractivity contribution >= 4 is 11.6 Å². The molecule has 2 atom stereocenters. The zero-order valence-corrected chi connectivity index (χ0v) is 14.2. The third-order valence-corrected chi connectivity index (χ3v) is 4.42. The minimum Gasteiger partial charge on any atom is -0.494 e. The lowest BCUT2D eigenvalue weighted by Gasteiger charge is -2.28. The first kappa shape index (κ1) is 18.2. The van der Waals surface area contributed by atoms with Crippen LogP contribution in [0.3, 0.4) is 0 Å². The van der Waals surface area contributed by atoms with E-state index in [-0.39, 0.29) is 29.1 Å². The van der Waals surface area contributed by atoms with Gasteiger partial charge in [-0.1, -0.05) is 12.1 Å². The quantitative estimate of drug-likeness (QED) is 0.786. The molecule has 0 bridgehead atoms. The molecule has 26 heavy (non-hydrogen) atoms. The van der Waals surface area contributed by atoms with Crippen LogP contribution < -0.4 is 15.4 Å². The maximum atomic E-state index is 15.2. The first-order chi connectivity index (χ1) is 12.4. The Morgan fingerprint density at radius 1 is 1.19 bits per heavy atom. The summed E-state index contributed by atoms with van der Waals surface area (Å²) in [6, 6.07) is 7.86. The molecule has 3 rings (SSSR count). The number of aliphatic hydroxyl groups excluding tert-OH is 1. The summed E-state index contributed by atoms with van der Waals surface area (Å²) in [5, 5.41) is 9.55. The molecular formula is C18H18F2N2O4. The average Bonchev–Trinajstić information content (AvgIpc) is 2.85. The number of benzene rings is 2. The summed E-state index contributed by atoms with van der Waals surface area (Å²) in [6.45, 7) is -0.260. The number of hydrogen-bond donors (Lipinski definition) is 2. The normalized spacial score (nSPS) is 20.2. The molecule has 1 amide bonds. The van der Waals surface area contributed by atoms with Crippen LogP contribution in [0.4, 0.5) is 14.5 Å². The molecule has 2 aromatic carbocycles. The van der Waals surface area contributed by atoms with Crippen LogP contribution >= 0.6 is 0 Å². The molecule has 6 nitrogen and oxygen atoms in total. The van der Waals surface area contributed by atoms with Crippen LogP contribution in [0.5, 0.6) is 5.75 Å². The highest BCUT2D eigenvalue weighted by Crippen LogP contribution is 2.49. The Morgan fingerprint density at radius 2 is 1.85 bits per heavy atom. The Bertz CT molecular complexity index is 842. The van der Waals surface area contributed by atoms with Gasteiger partial charge in [-0.3, -0.25) is 4.79 Å². The summed E-state index contributed by atoms with van der Waals surface area (Å²) in [5.41, 5.74) is 3.95. The molecule has 0 saturated heterocycles. The Morgan fingerprint density at radius 3 is 2.38 bits per heavy atom. The summed E-state index contributed by atoms with van der Waals surface area (Å²) < 4.78 is 39.1. The van der Waals surface area contributed by atoms with Gasteiger partial charge in [-0.15, -0.1) is 0 Å². The number of halogens is 2. The molecule has 0 saturated carbocycles. The number of fused-ring (bicyclic) bond motifs is 1. The van der Waals surface area contributed by atoms with Crippen molar-refractivity contribution in [2.75, 3.05) is 25.7 Å². The second kappa shape index (κ2) is 6.64. The number of amides is 1. The van der Waals surface area contributed by atoms with Gasteiger partial charge < -0.3 is 25.2 Å². The molecule has 0 spiro atoms. The van der Waals surface area contributed by atoms with Gasteiger partial charge in [-0.25, -0.2) is 8.78 Å². The van der Waals surface area contributed by atoms with Gasteiger partial charge in [-0.2, -0.15) is 0 Å². The number of anilines is 1. The van der Waals surface area contributed by atoms with Crippen LogP contribution in [0.1, 0.15) is 11.1 Å². The van der Waals surface area contributed by atoms with Crippen molar-refractivity contribution in [3.05, 3.63) is 59.2 Å². The number of carbonyl (C=O) groups excluding carboxylic acids is 1. The van der Waals surface area contributed by atoms with E-state index in [0.29, 0.717) is 0 Å². The standard InChI is InChI=1S/C18H18F2N2O4/c1-25-13-8-7-12-15(16(13)20)18(26-2,10-3-5-11(19)6-4-10)17(24)22(12)9-14(21)23/h3-8,14,23H,9,21H2,1-2H3/t14?,18-/m0/s1. The Balaban J connectivity index is 2.32. The van der Waals surface area contributed by atoms with Crippen molar-refractivity contribution < 1.29 is 28.2 Å². The molecule has 1 unspecified atom stereocenters. The molecule has 8 heteroatoms. The highest BCUT2D eigenvalue weighted by Gasteiger charge is 2.55. The summed E-state index contributed by atoms with van der Waals surface area (Å²) in [6.07, 6.45) is -1.34. The van der Waals surface area contributed by atoms with Gasteiger partial charge in [-0.05, 0) is 29.8 Å². The van der Waals surface area contributed by atoms with E-state index in [4.69, 9.17) is 15.2 Å². The number of rotatable bonds is 5. The molecule has 1 heterocycles. The predicted molar refractivity (Wildman–Crippen MR) is 89.7 cm³/mol. The van der Waals surface area contributed by atoms with E-state index >= 15 is 4.39 Å². The van der Waals surface area contributed by atoms with Crippen molar-refractivity contribution in [1.29, 1.82) is 0 Å². The fourth-order valence-corrected chi connectivity index (χ4v) is 3.30. The van der Waals surface area contributed by atoms with E-state index < -0.39 is 29.4 Å². The summed E-state index contributed by atoms with van der Waals surface area (Å²) in [7, 11) is 2.56. The number of β-amino-alcohol motifs (C(OH)–C–C–N with tert-alkyl or cyclic N) is 1. The zero-order valence-electron chi connectivity index (χ0n) is 14.2. The van der Waals surface area contributed by atoms with E-state index in [1.165, 1.54) is 38.5 Å². The molecule has 0 aliphatic carbocycles.